The number of benzene rings is 2. The number of halogens is 2. The van der Waals surface area contributed by atoms with Gasteiger partial charge in [-0.15, -0.1) is 24.8 Å². The van der Waals surface area contributed by atoms with Crippen molar-refractivity contribution in [1.82, 2.24) is 9.80 Å². The standard InChI is InChI=1S/C21H26N4O2.2ClH/c1-15-5-3-8-19(16(15)2)23-20(26)14-24-9-11-25(12-10-24)21(27)17-6-4-7-18(22)13-17;;/h3-8,13H,9-12,14,22H2,1-2H3,(H,23,26);2*1H. The van der Waals surface area contributed by atoms with Crippen LogP contribution in [0.1, 0.15) is 21.5 Å². The number of rotatable bonds is 4. The van der Waals surface area contributed by atoms with Crippen molar-refractivity contribution in [3.63, 3.8) is 0 Å². The van der Waals surface area contributed by atoms with Crippen molar-refractivity contribution in [3.8, 4) is 0 Å². The molecule has 2 aromatic carbocycles. The van der Waals surface area contributed by atoms with Crippen LogP contribution in [0.5, 0.6) is 0 Å². The summed E-state index contributed by atoms with van der Waals surface area (Å²) in [6, 6.07) is 12.9. The fourth-order valence-electron chi connectivity index (χ4n) is 3.24. The molecule has 1 fully saturated rings. The number of carbonyl (C=O) groups excluding carboxylic acids is 2. The Morgan fingerprint density at radius 2 is 1.66 bits per heavy atom. The molecule has 1 saturated heterocycles. The van der Waals surface area contributed by atoms with Gasteiger partial charge >= 0.3 is 0 Å². The average molecular weight is 439 g/mol. The molecule has 0 saturated carbocycles. The Bertz CT molecular complexity index is 852. The van der Waals surface area contributed by atoms with Gasteiger partial charge in [0.25, 0.3) is 5.91 Å². The van der Waals surface area contributed by atoms with Crippen LogP contribution < -0.4 is 11.1 Å². The Morgan fingerprint density at radius 3 is 2.31 bits per heavy atom. The summed E-state index contributed by atoms with van der Waals surface area (Å²) in [7, 11) is 0. The zero-order valence-electron chi connectivity index (χ0n) is 16.7. The third-order valence-corrected chi connectivity index (χ3v) is 5.04. The maximum atomic E-state index is 12.6. The first-order chi connectivity index (χ1) is 12.9. The van der Waals surface area contributed by atoms with E-state index in [0.29, 0.717) is 44.0 Å². The zero-order valence-corrected chi connectivity index (χ0v) is 18.3. The van der Waals surface area contributed by atoms with Gasteiger partial charge in [-0.25, -0.2) is 0 Å². The number of anilines is 2. The number of nitrogen functional groups attached to an aromatic ring is 1. The van der Waals surface area contributed by atoms with Crippen molar-refractivity contribution in [2.75, 3.05) is 43.8 Å². The summed E-state index contributed by atoms with van der Waals surface area (Å²) in [6.45, 7) is 6.91. The van der Waals surface area contributed by atoms with E-state index in [1.807, 2.05) is 36.9 Å². The molecule has 0 atom stereocenters. The van der Waals surface area contributed by atoms with Crippen LogP contribution in [0.3, 0.4) is 0 Å². The van der Waals surface area contributed by atoms with Crippen LogP contribution >= 0.6 is 24.8 Å². The van der Waals surface area contributed by atoms with Crippen molar-refractivity contribution in [2.45, 2.75) is 13.8 Å². The van der Waals surface area contributed by atoms with E-state index in [2.05, 4.69) is 10.2 Å². The number of nitrogens with two attached hydrogens (primary N) is 1. The molecular formula is C21H28Cl2N4O2. The monoisotopic (exact) mass is 438 g/mol. The molecule has 0 aliphatic carbocycles. The minimum absolute atomic E-state index is 0. The molecule has 29 heavy (non-hydrogen) atoms. The Kier molecular flexibility index (Phi) is 9.43. The molecule has 1 aliphatic rings. The molecule has 3 rings (SSSR count). The Labute approximate surface area is 184 Å². The van der Waals surface area contributed by atoms with Crippen LogP contribution in [-0.2, 0) is 4.79 Å². The van der Waals surface area contributed by atoms with E-state index in [1.54, 1.807) is 24.3 Å². The van der Waals surface area contributed by atoms with Crippen LogP contribution in [0.15, 0.2) is 42.5 Å². The summed E-state index contributed by atoms with van der Waals surface area (Å²) >= 11 is 0. The van der Waals surface area contributed by atoms with Gasteiger partial charge in [0.1, 0.15) is 0 Å². The molecule has 1 heterocycles. The van der Waals surface area contributed by atoms with E-state index in [0.717, 1.165) is 16.8 Å². The molecule has 2 amide bonds. The lowest BCUT2D eigenvalue weighted by atomic mass is 10.1. The lowest BCUT2D eigenvalue weighted by Gasteiger charge is -2.34. The molecule has 8 heteroatoms. The zero-order chi connectivity index (χ0) is 19.4. The number of nitrogens with zero attached hydrogens (tertiary/aromatic N) is 2. The van der Waals surface area contributed by atoms with Gasteiger partial charge in [0.15, 0.2) is 0 Å². The minimum Gasteiger partial charge on any atom is -0.399 e. The number of amides is 2. The van der Waals surface area contributed by atoms with Crippen LogP contribution in [0.4, 0.5) is 11.4 Å². The second-order valence-corrected chi connectivity index (χ2v) is 6.99. The van der Waals surface area contributed by atoms with Crippen molar-refractivity contribution >= 4 is 48.0 Å². The third kappa shape index (κ3) is 6.35. The molecule has 3 N–H and O–H groups in total. The third-order valence-electron chi connectivity index (χ3n) is 5.04. The van der Waals surface area contributed by atoms with E-state index in [1.165, 1.54) is 0 Å². The summed E-state index contributed by atoms with van der Waals surface area (Å²) in [5.41, 5.74) is 10.1. The summed E-state index contributed by atoms with van der Waals surface area (Å²) in [5.74, 6) is -0.0407. The topological polar surface area (TPSA) is 78.7 Å². The van der Waals surface area contributed by atoms with Crippen molar-refractivity contribution in [1.29, 1.82) is 0 Å². The molecule has 2 aromatic rings. The number of hydrogen-bond acceptors (Lipinski definition) is 4. The largest absolute Gasteiger partial charge is 0.399 e. The fourth-order valence-corrected chi connectivity index (χ4v) is 3.24. The van der Waals surface area contributed by atoms with E-state index in [9.17, 15) is 9.59 Å². The smallest absolute Gasteiger partial charge is 0.254 e. The predicted molar refractivity (Wildman–Crippen MR) is 122 cm³/mol. The van der Waals surface area contributed by atoms with Gasteiger partial charge < -0.3 is 16.0 Å². The van der Waals surface area contributed by atoms with E-state index in [-0.39, 0.29) is 36.6 Å². The molecule has 0 spiro atoms. The normalized spacial score (nSPS) is 13.8. The molecular weight excluding hydrogens is 411 g/mol. The van der Waals surface area contributed by atoms with E-state index >= 15 is 0 Å². The van der Waals surface area contributed by atoms with Crippen molar-refractivity contribution in [3.05, 3.63) is 59.2 Å². The van der Waals surface area contributed by atoms with E-state index < -0.39 is 0 Å². The first-order valence-electron chi connectivity index (χ1n) is 9.17. The summed E-state index contributed by atoms with van der Waals surface area (Å²) < 4.78 is 0. The van der Waals surface area contributed by atoms with Crippen LogP contribution in [-0.4, -0.2) is 54.3 Å². The van der Waals surface area contributed by atoms with Crippen molar-refractivity contribution in [2.24, 2.45) is 0 Å². The van der Waals surface area contributed by atoms with Crippen LogP contribution in [0, 0.1) is 13.8 Å². The molecule has 1 aliphatic heterocycles. The molecule has 6 nitrogen and oxygen atoms in total. The lowest BCUT2D eigenvalue weighted by molar-refractivity contribution is -0.117. The van der Waals surface area contributed by atoms with Gasteiger partial charge in [0, 0.05) is 43.1 Å². The van der Waals surface area contributed by atoms with Gasteiger partial charge in [0.05, 0.1) is 6.54 Å². The quantitative estimate of drug-likeness (QED) is 0.718. The Hall–Kier alpha value is -2.28. The van der Waals surface area contributed by atoms with Crippen molar-refractivity contribution < 1.29 is 9.59 Å². The average Bonchev–Trinajstić information content (AvgIpc) is 2.65. The maximum Gasteiger partial charge on any atom is 0.254 e. The molecule has 0 aromatic heterocycles. The summed E-state index contributed by atoms with van der Waals surface area (Å²) in [6.07, 6.45) is 0. The van der Waals surface area contributed by atoms with Crippen LogP contribution in [0.25, 0.3) is 0 Å². The summed E-state index contributed by atoms with van der Waals surface area (Å²) in [5, 5.41) is 2.99. The Morgan fingerprint density at radius 1 is 1.00 bits per heavy atom. The highest BCUT2D eigenvalue weighted by Gasteiger charge is 2.23. The first kappa shape index (κ1) is 24.8. The molecule has 0 radical (unpaired) electrons. The van der Waals surface area contributed by atoms with Gasteiger partial charge in [-0.3, -0.25) is 14.5 Å². The van der Waals surface area contributed by atoms with Gasteiger partial charge in [-0.2, -0.15) is 0 Å². The molecule has 158 valence electrons. The second kappa shape index (κ2) is 11.0. The first-order valence-corrected chi connectivity index (χ1v) is 9.17. The van der Waals surface area contributed by atoms with Gasteiger partial charge in [0.2, 0.25) is 5.91 Å². The minimum atomic E-state index is -0.0284. The number of piperazine rings is 1. The number of nitrogens with one attached hydrogen (secondary N) is 1. The Balaban J connectivity index is 0.00000210. The van der Waals surface area contributed by atoms with Crippen LogP contribution in [0.2, 0.25) is 0 Å². The van der Waals surface area contributed by atoms with Gasteiger partial charge in [-0.05, 0) is 49.2 Å². The SMILES string of the molecule is Cc1cccc(NC(=O)CN2CCN(C(=O)c3cccc(N)c3)CC2)c1C.Cl.Cl. The highest BCUT2D eigenvalue weighted by atomic mass is 35.5. The second-order valence-electron chi connectivity index (χ2n) is 6.99. The molecule has 0 bridgehead atoms. The number of carbonyl (C=O) groups is 2. The fraction of sp³-hybridized carbons (Fsp3) is 0.333. The maximum absolute atomic E-state index is 12.6. The number of aryl methyl sites for hydroxylation is 1. The van der Waals surface area contributed by atoms with E-state index in [4.69, 9.17) is 5.73 Å². The highest BCUT2D eigenvalue weighted by molar-refractivity contribution is 5.95. The molecule has 0 unspecified atom stereocenters. The summed E-state index contributed by atoms with van der Waals surface area (Å²) in [4.78, 5) is 28.8. The highest BCUT2D eigenvalue weighted by Crippen LogP contribution is 2.18. The number of hydrogen-bond donors (Lipinski definition) is 2. The van der Waals surface area contributed by atoms with Gasteiger partial charge in [-0.1, -0.05) is 18.2 Å². The lowest BCUT2D eigenvalue weighted by Crippen LogP contribution is -2.50. The predicted octanol–water partition coefficient (Wildman–Crippen LogP) is 3.13.